The van der Waals surface area contributed by atoms with E-state index in [1.165, 1.54) is 0 Å². The van der Waals surface area contributed by atoms with Gasteiger partial charge in [0.1, 0.15) is 11.8 Å². The number of methoxy groups -OCH3 is 1. The van der Waals surface area contributed by atoms with E-state index in [0.29, 0.717) is 16.7 Å². The molecule has 0 saturated carbocycles. The highest BCUT2D eigenvalue weighted by Crippen LogP contribution is 2.42. The number of fused-ring (bicyclic) bond motifs is 5. The van der Waals surface area contributed by atoms with Gasteiger partial charge in [0.15, 0.2) is 0 Å². The van der Waals surface area contributed by atoms with Gasteiger partial charge in [-0.1, -0.05) is 48.6 Å². The van der Waals surface area contributed by atoms with Crippen LogP contribution in [0.1, 0.15) is 47.9 Å². The highest BCUT2D eigenvalue weighted by molar-refractivity contribution is 7.89. The number of aliphatic hydroxyl groups excluding tert-OH is 1. The molecular formula is C31H40F3N3O6S. The predicted octanol–water partition coefficient (Wildman–Crippen LogP) is 3.46. The monoisotopic (exact) mass is 639 g/mol. The Morgan fingerprint density at radius 2 is 1.86 bits per heavy atom. The van der Waals surface area contributed by atoms with E-state index in [4.69, 9.17) is 9.47 Å². The van der Waals surface area contributed by atoms with Crippen LogP contribution in [0.3, 0.4) is 0 Å². The topological polar surface area (TPSA) is 117 Å². The Hall–Kier alpha value is -2.97. The largest absolute Gasteiger partial charge is 0.497 e. The number of rotatable bonds is 7. The number of carbonyl (C=O) groups is 1. The van der Waals surface area contributed by atoms with E-state index in [-0.39, 0.29) is 38.0 Å². The Kier molecular flexibility index (Phi) is 11.5. The number of amides is 1. The van der Waals surface area contributed by atoms with Gasteiger partial charge < -0.3 is 25.2 Å². The smallest absolute Gasteiger partial charge is 0.390 e. The van der Waals surface area contributed by atoms with Crippen molar-refractivity contribution < 1.29 is 41.0 Å². The predicted molar refractivity (Wildman–Crippen MR) is 160 cm³/mol. The molecule has 1 aliphatic heterocycles. The van der Waals surface area contributed by atoms with Crippen LogP contribution in [0.5, 0.6) is 5.75 Å². The second kappa shape index (κ2) is 14.9. The zero-order chi connectivity index (χ0) is 31.9. The van der Waals surface area contributed by atoms with Crippen molar-refractivity contribution in [2.45, 2.75) is 62.0 Å². The van der Waals surface area contributed by atoms with Crippen molar-refractivity contribution >= 4 is 15.9 Å². The fourth-order valence-electron chi connectivity index (χ4n) is 5.65. The van der Waals surface area contributed by atoms with Crippen molar-refractivity contribution in [3.05, 3.63) is 77.4 Å². The van der Waals surface area contributed by atoms with E-state index in [1.807, 2.05) is 48.5 Å². The lowest BCUT2D eigenvalue weighted by Crippen LogP contribution is -2.55. The summed E-state index contributed by atoms with van der Waals surface area (Å²) < 4.78 is 76.4. The van der Waals surface area contributed by atoms with Crippen LogP contribution in [0.4, 0.5) is 13.2 Å². The molecule has 13 heteroatoms. The molecule has 2 aromatic carbocycles. The van der Waals surface area contributed by atoms with Gasteiger partial charge in [-0.2, -0.15) is 17.5 Å². The minimum Gasteiger partial charge on any atom is -0.497 e. The van der Waals surface area contributed by atoms with Gasteiger partial charge in [0, 0.05) is 25.6 Å². The zero-order valence-electron chi connectivity index (χ0n) is 24.8. The van der Waals surface area contributed by atoms with E-state index in [2.05, 4.69) is 10.6 Å². The maximum absolute atomic E-state index is 13.7. The van der Waals surface area contributed by atoms with E-state index in [9.17, 15) is 31.5 Å². The first-order valence-corrected chi connectivity index (χ1v) is 16.2. The SMILES string of the molecule is COc1ccc2c(c1)[C@@H]1C[C@@H]2COC/C=C\C[C@H](N(C)S(=O)(=O)CCC(F)(F)F)C(=O)N[C@@H](Cc2ccccc2)[C@H](O)CN1. The molecule has 0 saturated heterocycles. The fourth-order valence-corrected chi connectivity index (χ4v) is 7.00. The van der Waals surface area contributed by atoms with Crippen molar-refractivity contribution in [2.75, 3.05) is 39.7 Å². The van der Waals surface area contributed by atoms with E-state index in [0.717, 1.165) is 30.2 Å². The Bertz CT molecular complexity index is 1390. The molecule has 0 unspecified atom stereocenters. The zero-order valence-corrected chi connectivity index (χ0v) is 25.6. The number of benzene rings is 2. The fraction of sp³-hybridized carbons (Fsp3) is 0.516. The van der Waals surface area contributed by atoms with Crippen LogP contribution in [-0.4, -0.2) is 87.8 Å². The van der Waals surface area contributed by atoms with Crippen molar-refractivity contribution in [1.82, 2.24) is 14.9 Å². The molecule has 1 aliphatic carbocycles. The van der Waals surface area contributed by atoms with Crippen LogP contribution >= 0.6 is 0 Å². The van der Waals surface area contributed by atoms with Gasteiger partial charge in [-0.15, -0.1) is 0 Å². The highest BCUT2D eigenvalue weighted by atomic mass is 32.2. The first-order chi connectivity index (χ1) is 20.9. The number of β-amino-alcohol motifs (C(OH)–C–C–N with tert-alkyl or cyclic N) is 1. The van der Waals surface area contributed by atoms with Crippen LogP contribution in [-0.2, 0) is 26.0 Å². The average Bonchev–Trinajstić information content (AvgIpc) is 3.34. The van der Waals surface area contributed by atoms with E-state index < -0.39 is 52.5 Å². The van der Waals surface area contributed by atoms with Gasteiger partial charge in [0.25, 0.3) is 0 Å². The summed E-state index contributed by atoms with van der Waals surface area (Å²) in [7, 11) is -1.74. The number of carbonyl (C=O) groups excluding carboxylic acids is 1. The van der Waals surface area contributed by atoms with Crippen molar-refractivity contribution in [2.24, 2.45) is 0 Å². The number of aliphatic hydroxyl groups is 1. The lowest BCUT2D eigenvalue weighted by molar-refractivity contribution is -0.130. The number of halogens is 3. The third kappa shape index (κ3) is 9.04. The highest BCUT2D eigenvalue weighted by Gasteiger charge is 2.37. The Labute approximate surface area is 256 Å². The molecule has 3 N–H and O–H groups in total. The third-order valence-corrected chi connectivity index (χ3v) is 10.0. The number of sulfonamides is 1. The maximum atomic E-state index is 13.7. The molecule has 9 nitrogen and oxygen atoms in total. The van der Waals surface area contributed by atoms with E-state index in [1.54, 1.807) is 19.3 Å². The third-order valence-electron chi connectivity index (χ3n) is 8.18. The van der Waals surface area contributed by atoms with E-state index >= 15 is 0 Å². The van der Waals surface area contributed by atoms with Crippen molar-refractivity contribution in [3.8, 4) is 5.75 Å². The quantitative estimate of drug-likeness (QED) is 0.398. The lowest BCUT2D eigenvalue weighted by Gasteiger charge is -2.31. The molecule has 2 aromatic rings. The summed E-state index contributed by atoms with van der Waals surface area (Å²) in [6.07, 6.45) is -3.15. The second-order valence-electron chi connectivity index (χ2n) is 11.2. The summed E-state index contributed by atoms with van der Waals surface area (Å²) in [6, 6.07) is 12.8. The number of nitrogens with zero attached hydrogens (tertiary/aromatic N) is 1. The summed E-state index contributed by atoms with van der Waals surface area (Å²) >= 11 is 0. The summed E-state index contributed by atoms with van der Waals surface area (Å²) in [5, 5.41) is 17.6. The first-order valence-electron chi connectivity index (χ1n) is 14.6. The Morgan fingerprint density at radius 3 is 2.57 bits per heavy atom. The van der Waals surface area contributed by atoms with Gasteiger partial charge in [0.05, 0.1) is 44.6 Å². The van der Waals surface area contributed by atoms with Gasteiger partial charge in [-0.3, -0.25) is 4.79 Å². The van der Waals surface area contributed by atoms with Crippen molar-refractivity contribution in [3.63, 3.8) is 0 Å². The van der Waals surface area contributed by atoms with Crippen molar-refractivity contribution in [1.29, 1.82) is 0 Å². The summed E-state index contributed by atoms with van der Waals surface area (Å²) in [6.45, 7) is 0.724. The summed E-state index contributed by atoms with van der Waals surface area (Å²) in [4.78, 5) is 13.7. The van der Waals surface area contributed by atoms with Crippen LogP contribution in [0.2, 0.25) is 0 Å². The molecule has 0 fully saturated rings. The molecule has 2 aliphatic rings. The van der Waals surface area contributed by atoms with Gasteiger partial charge in [0.2, 0.25) is 15.9 Å². The number of likely N-dealkylation sites (N-methyl/N-ethyl adjacent to an activating group) is 1. The van der Waals surface area contributed by atoms with Gasteiger partial charge in [-0.25, -0.2) is 8.42 Å². The Balaban J connectivity index is 1.62. The van der Waals surface area contributed by atoms with Crippen LogP contribution in [0.25, 0.3) is 0 Å². The van der Waals surface area contributed by atoms with Crippen LogP contribution in [0.15, 0.2) is 60.7 Å². The first kappa shape index (κ1) is 33.9. The molecule has 1 amide bonds. The van der Waals surface area contributed by atoms with Gasteiger partial charge >= 0.3 is 6.18 Å². The van der Waals surface area contributed by atoms with Crippen LogP contribution < -0.4 is 15.4 Å². The number of alkyl halides is 3. The normalized spacial score (nSPS) is 26.2. The molecule has 0 aromatic heterocycles. The van der Waals surface area contributed by atoms with Gasteiger partial charge in [-0.05, 0) is 48.1 Å². The summed E-state index contributed by atoms with van der Waals surface area (Å²) in [5.41, 5.74) is 2.99. The van der Waals surface area contributed by atoms with Crippen LogP contribution in [0, 0.1) is 0 Å². The average molecular weight is 640 g/mol. The minimum atomic E-state index is -4.67. The molecular weight excluding hydrogens is 599 g/mol. The number of hydrogen-bond acceptors (Lipinski definition) is 7. The molecule has 242 valence electrons. The molecule has 2 bridgehead atoms. The standard InChI is InChI=1S/C31H40F3N3O6S/c1-37(44(40,41)15-13-31(32,33)34)28-10-6-7-14-43-20-22-17-26(25-18-23(42-2)11-12-24(22)25)35-19-29(38)27(36-30(28)39)16-21-8-4-3-5-9-21/h3-9,11-12,18,22,26-29,35,38H,10,13-17,19-20H2,1-2H3,(H,36,39)/b7-6-/t22-,26+,27+,28+,29-/m1/s1. The molecule has 44 heavy (non-hydrogen) atoms. The Morgan fingerprint density at radius 1 is 1.11 bits per heavy atom. The molecule has 0 spiro atoms. The molecule has 5 atom stereocenters. The second-order valence-corrected chi connectivity index (χ2v) is 13.4. The summed E-state index contributed by atoms with van der Waals surface area (Å²) in [5.74, 6) is -1.11. The molecule has 1 heterocycles. The molecule has 4 rings (SSSR count). The molecule has 0 radical (unpaired) electrons. The minimum absolute atomic E-state index is 0.0873. The number of ether oxygens (including phenoxy) is 2. The lowest BCUT2D eigenvalue weighted by atomic mass is 9.99. The number of hydrogen-bond donors (Lipinski definition) is 3. The number of nitrogens with one attached hydrogen (secondary N) is 2. The maximum Gasteiger partial charge on any atom is 0.390 e.